The molecule has 0 aliphatic rings. The SMILES string of the molecule is CS(=O)(=O)n1nc2cnncc2n1. The molecule has 0 bridgehead atoms. The average molecular weight is 199 g/mol. The van der Waals surface area contributed by atoms with Gasteiger partial charge in [0, 0.05) is 0 Å². The fraction of sp³-hybridized carbons (Fsp3) is 0.200. The van der Waals surface area contributed by atoms with Crippen molar-refractivity contribution in [2.45, 2.75) is 0 Å². The molecule has 0 saturated carbocycles. The standard InChI is InChI=1S/C5H5N5O2S/c1-13(11,12)10-8-4-2-6-7-3-5(4)9-10/h2-3H,1H3. The van der Waals surface area contributed by atoms with Crippen LogP contribution in [0, 0.1) is 0 Å². The van der Waals surface area contributed by atoms with Crippen molar-refractivity contribution in [3.05, 3.63) is 12.4 Å². The van der Waals surface area contributed by atoms with E-state index in [9.17, 15) is 8.42 Å². The van der Waals surface area contributed by atoms with Gasteiger partial charge in [-0.05, 0) is 0 Å². The highest BCUT2D eigenvalue weighted by atomic mass is 32.2. The van der Waals surface area contributed by atoms with Gasteiger partial charge in [-0.3, -0.25) is 0 Å². The minimum Gasteiger partial charge on any atom is -0.203 e. The first-order valence-electron chi connectivity index (χ1n) is 3.32. The van der Waals surface area contributed by atoms with Crippen LogP contribution < -0.4 is 0 Å². The van der Waals surface area contributed by atoms with Crippen molar-refractivity contribution >= 4 is 21.1 Å². The summed E-state index contributed by atoms with van der Waals surface area (Å²) in [5.74, 6) is 0. The first kappa shape index (κ1) is 8.05. The Morgan fingerprint density at radius 3 is 2.00 bits per heavy atom. The van der Waals surface area contributed by atoms with E-state index in [-0.39, 0.29) is 0 Å². The zero-order valence-corrected chi connectivity index (χ0v) is 7.43. The van der Waals surface area contributed by atoms with Gasteiger partial charge in [0.15, 0.2) is 0 Å². The van der Waals surface area contributed by atoms with Gasteiger partial charge in [-0.15, -0.1) is 10.2 Å². The van der Waals surface area contributed by atoms with Crippen molar-refractivity contribution in [2.75, 3.05) is 6.26 Å². The smallest absolute Gasteiger partial charge is 0.203 e. The third kappa shape index (κ3) is 1.35. The third-order valence-corrected chi connectivity index (χ3v) is 2.13. The van der Waals surface area contributed by atoms with Crippen molar-refractivity contribution in [3.8, 4) is 0 Å². The second-order valence-corrected chi connectivity index (χ2v) is 4.24. The average Bonchev–Trinajstić information content (AvgIpc) is 2.45. The molecule has 0 amide bonds. The maximum atomic E-state index is 11.0. The molecule has 7 nitrogen and oxygen atoms in total. The molecule has 2 rings (SSSR count). The lowest BCUT2D eigenvalue weighted by molar-refractivity contribution is 0.576. The molecule has 0 aromatic carbocycles. The summed E-state index contributed by atoms with van der Waals surface area (Å²) < 4.78 is 22.7. The lowest BCUT2D eigenvalue weighted by atomic mass is 10.5. The summed E-state index contributed by atoms with van der Waals surface area (Å²) in [6, 6.07) is 0. The Morgan fingerprint density at radius 1 is 1.15 bits per heavy atom. The third-order valence-electron chi connectivity index (χ3n) is 1.37. The molecule has 0 spiro atoms. The fourth-order valence-electron chi connectivity index (χ4n) is 0.817. The predicted molar refractivity (Wildman–Crippen MR) is 43.4 cm³/mol. The first-order chi connectivity index (χ1) is 6.07. The van der Waals surface area contributed by atoms with Crippen LogP contribution in [0.5, 0.6) is 0 Å². The van der Waals surface area contributed by atoms with E-state index in [1.807, 2.05) is 0 Å². The largest absolute Gasteiger partial charge is 0.267 e. The van der Waals surface area contributed by atoms with Crippen LogP contribution in [0.15, 0.2) is 12.4 Å². The molecule has 0 N–H and O–H groups in total. The molecule has 2 aromatic rings. The molecule has 0 aliphatic carbocycles. The lowest BCUT2D eigenvalue weighted by Crippen LogP contribution is -2.13. The van der Waals surface area contributed by atoms with Gasteiger partial charge in [0.2, 0.25) is 0 Å². The van der Waals surface area contributed by atoms with Gasteiger partial charge >= 0.3 is 0 Å². The molecule has 0 aliphatic heterocycles. The molecule has 0 radical (unpaired) electrons. The Kier molecular flexibility index (Phi) is 1.52. The van der Waals surface area contributed by atoms with Gasteiger partial charge in [-0.2, -0.15) is 10.2 Å². The summed E-state index contributed by atoms with van der Waals surface area (Å²) in [6.45, 7) is 0. The number of aromatic nitrogens is 5. The summed E-state index contributed by atoms with van der Waals surface area (Å²) in [4.78, 5) is 0. The minimum absolute atomic E-state index is 0.403. The lowest BCUT2D eigenvalue weighted by Gasteiger charge is -1.90. The van der Waals surface area contributed by atoms with E-state index in [1.54, 1.807) is 0 Å². The Hall–Kier alpha value is -1.57. The van der Waals surface area contributed by atoms with E-state index < -0.39 is 10.0 Å². The normalized spacial score (nSPS) is 12.1. The number of rotatable bonds is 1. The van der Waals surface area contributed by atoms with Crippen molar-refractivity contribution in [1.29, 1.82) is 0 Å². The minimum atomic E-state index is -3.43. The van der Waals surface area contributed by atoms with Crippen molar-refractivity contribution in [3.63, 3.8) is 0 Å². The van der Waals surface area contributed by atoms with Crippen LogP contribution in [0.3, 0.4) is 0 Å². The molecule has 68 valence electrons. The van der Waals surface area contributed by atoms with Crippen molar-refractivity contribution in [2.24, 2.45) is 0 Å². The Morgan fingerprint density at radius 2 is 1.62 bits per heavy atom. The van der Waals surface area contributed by atoms with Crippen LogP contribution in [0.25, 0.3) is 11.0 Å². The van der Waals surface area contributed by atoms with Crippen LogP contribution in [0.1, 0.15) is 0 Å². The van der Waals surface area contributed by atoms with E-state index in [2.05, 4.69) is 20.4 Å². The van der Waals surface area contributed by atoms with Gasteiger partial charge in [-0.25, -0.2) is 8.42 Å². The summed E-state index contributed by atoms with van der Waals surface area (Å²) in [6.07, 6.45) is 3.72. The summed E-state index contributed by atoms with van der Waals surface area (Å²) in [5.41, 5.74) is 0.806. The van der Waals surface area contributed by atoms with Crippen molar-refractivity contribution < 1.29 is 8.42 Å². The monoisotopic (exact) mass is 199 g/mol. The van der Waals surface area contributed by atoms with Crippen LogP contribution in [-0.4, -0.2) is 39.3 Å². The molecule has 0 unspecified atom stereocenters. The molecule has 13 heavy (non-hydrogen) atoms. The number of hydrogen-bond donors (Lipinski definition) is 0. The second-order valence-electron chi connectivity index (χ2n) is 2.45. The first-order valence-corrected chi connectivity index (χ1v) is 5.16. The zero-order valence-electron chi connectivity index (χ0n) is 6.62. The molecule has 2 heterocycles. The van der Waals surface area contributed by atoms with Gasteiger partial charge in [0.1, 0.15) is 11.0 Å². The molecule has 8 heteroatoms. The van der Waals surface area contributed by atoms with Crippen LogP contribution in [-0.2, 0) is 10.0 Å². The Balaban J connectivity index is 2.77. The van der Waals surface area contributed by atoms with E-state index >= 15 is 0 Å². The van der Waals surface area contributed by atoms with Gasteiger partial charge in [0.25, 0.3) is 10.0 Å². The second kappa shape index (κ2) is 2.46. The summed E-state index contributed by atoms with van der Waals surface area (Å²) in [7, 11) is -3.43. The van der Waals surface area contributed by atoms with Crippen molar-refractivity contribution in [1.82, 2.24) is 24.6 Å². The quantitative estimate of drug-likeness (QED) is 0.586. The molecule has 2 aromatic heterocycles. The number of fused-ring (bicyclic) bond motifs is 1. The van der Waals surface area contributed by atoms with Crippen LogP contribution in [0.2, 0.25) is 0 Å². The summed E-state index contributed by atoms with van der Waals surface area (Å²) >= 11 is 0. The molecule has 0 atom stereocenters. The van der Waals surface area contributed by atoms with Gasteiger partial charge in [0.05, 0.1) is 18.6 Å². The highest BCUT2D eigenvalue weighted by molar-refractivity contribution is 7.88. The highest BCUT2D eigenvalue weighted by Crippen LogP contribution is 2.04. The molecule has 0 saturated heterocycles. The van der Waals surface area contributed by atoms with Gasteiger partial charge < -0.3 is 0 Å². The topological polar surface area (TPSA) is 90.6 Å². The zero-order chi connectivity index (χ0) is 9.47. The van der Waals surface area contributed by atoms with Gasteiger partial charge in [-0.1, -0.05) is 4.20 Å². The molecular weight excluding hydrogens is 194 g/mol. The van der Waals surface area contributed by atoms with Crippen LogP contribution in [0.4, 0.5) is 0 Å². The van der Waals surface area contributed by atoms with Crippen LogP contribution >= 0.6 is 0 Å². The maximum Gasteiger partial charge on any atom is 0.267 e. The Labute approximate surface area is 73.4 Å². The number of nitrogens with zero attached hydrogens (tertiary/aromatic N) is 5. The predicted octanol–water partition coefficient (Wildman–Crippen LogP) is -0.971. The fourth-order valence-corrected chi connectivity index (χ4v) is 1.29. The molecule has 0 fully saturated rings. The molecular formula is C5H5N5O2S. The highest BCUT2D eigenvalue weighted by Gasteiger charge is 2.10. The van der Waals surface area contributed by atoms with E-state index in [0.717, 1.165) is 6.26 Å². The van der Waals surface area contributed by atoms with E-state index in [0.29, 0.717) is 15.2 Å². The van der Waals surface area contributed by atoms with E-state index in [4.69, 9.17) is 0 Å². The Bertz CT molecular complexity index is 512. The number of hydrogen-bond acceptors (Lipinski definition) is 6. The maximum absolute atomic E-state index is 11.0. The van der Waals surface area contributed by atoms with E-state index in [1.165, 1.54) is 12.4 Å². The summed E-state index contributed by atoms with van der Waals surface area (Å²) in [5, 5.41) is 14.5.